The van der Waals surface area contributed by atoms with Crippen molar-refractivity contribution in [3.05, 3.63) is 46.4 Å². The molecule has 0 radical (unpaired) electrons. The molecule has 2 aliphatic heterocycles. The van der Waals surface area contributed by atoms with Crippen molar-refractivity contribution in [2.24, 2.45) is 0 Å². The first kappa shape index (κ1) is 22.8. The van der Waals surface area contributed by atoms with E-state index < -0.39 is 12.4 Å². The van der Waals surface area contributed by atoms with E-state index in [9.17, 15) is 4.79 Å². The fourth-order valence-corrected chi connectivity index (χ4v) is 8.51. The van der Waals surface area contributed by atoms with Crippen LogP contribution in [-0.4, -0.2) is 50.2 Å². The molecule has 0 spiro atoms. The lowest BCUT2D eigenvalue weighted by atomic mass is 10.2. The molecular formula is C21H24Cl2N3O3PS. The Morgan fingerprint density at radius 3 is 2.42 bits per heavy atom. The van der Waals surface area contributed by atoms with E-state index in [1.165, 1.54) is 0 Å². The van der Waals surface area contributed by atoms with Gasteiger partial charge >= 0.3 is 6.09 Å². The van der Waals surface area contributed by atoms with Crippen LogP contribution in [0.3, 0.4) is 0 Å². The number of rotatable bonds is 5. The molecule has 31 heavy (non-hydrogen) atoms. The van der Waals surface area contributed by atoms with Crippen LogP contribution in [-0.2, 0) is 16.5 Å². The maximum atomic E-state index is 13.3. The second-order valence-corrected chi connectivity index (χ2v) is 12.1. The number of nitrogens with zero attached hydrogens (tertiary/aromatic N) is 3. The minimum Gasteiger partial charge on any atom is -0.409 e. The molecule has 4 rings (SSSR count). The highest BCUT2D eigenvalue weighted by Gasteiger charge is 2.46. The number of benzene rings is 2. The van der Waals surface area contributed by atoms with Gasteiger partial charge in [0.05, 0.1) is 34.3 Å². The molecule has 2 aliphatic rings. The Balaban J connectivity index is 1.88. The SMILES string of the molecule is CCN(CC)c1ccc2c(c1)OC(=O)N(c1ccc(Cl)c(Cl)c1)[P@@]2(=S)N1CCOCC1. The molecule has 1 saturated heterocycles. The van der Waals surface area contributed by atoms with Gasteiger partial charge in [0.2, 0.25) is 0 Å². The highest BCUT2D eigenvalue weighted by Crippen LogP contribution is 2.59. The predicted molar refractivity (Wildman–Crippen MR) is 131 cm³/mol. The van der Waals surface area contributed by atoms with E-state index in [0.29, 0.717) is 47.8 Å². The molecule has 2 heterocycles. The summed E-state index contributed by atoms with van der Waals surface area (Å²) < 4.78 is 15.2. The van der Waals surface area contributed by atoms with E-state index >= 15 is 0 Å². The summed E-state index contributed by atoms with van der Waals surface area (Å²) in [7, 11) is 0. The van der Waals surface area contributed by atoms with Crippen molar-refractivity contribution in [2.75, 3.05) is 49.0 Å². The highest BCUT2D eigenvalue weighted by molar-refractivity contribution is 8.18. The first-order valence-corrected chi connectivity index (χ1v) is 13.7. The largest absolute Gasteiger partial charge is 0.424 e. The summed E-state index contributed by atoms with van der Waals surface area (Å²) in [5, 5.41) is 1.63. The van der Waals surface area contributed by atoms with E-state index in [0.717, 1.165) is 24.1 Å². The highest BCUT2D eigenvalue weighted by atomic mass is 35.5. The summed E-state index contributed by atoms with van der Waals surface area (Å²) in [6.45, 7) is 8.31. The molecule has 0 bridgehead atoms. The monoisotopic (exact) mass is 499 g/mol. The Labute approximate surface area is 197 Å². The van der Waals surface area contributed by atoms with Gasteiger partial charge < -0.3 is 14.4 Å². The van der Waals surface area contributed by atoms with Crippen LogP contribution in [0.4, 0.5) is 16.2 Å². The van der Waals surface area contributed by atoms with Crippen LogP contribution in [0.2, 0.25) is 10.0 Å². The average molecular weight is 500 g/mol. The number of hydrogen-bond donors (Lipinski definition) is 0. The minimum absolute atomic E-state index is 0.359. The van der Waals surface area contributed by atoms with Crippen LogP contribution < -0.4 is 19.6 Å². The van der Waals surface area contributed by atoms with Gasteiger partial charge in [-0.25, -0.2) is 9.46 Å². The Bertz CT molecular complexity index is 1040. The third-order valence-corrected chi connectivity index (χ3v) is 11.2. The number of hydrogen-bond acceptors (Lipinski definition) is 5. The number of morpholine rings is 1. The lowest BCUT2D eigenvalue weighted by Gasteiger charge is -2.46. The fourth-order valence-electron chi connectivity index (χ4n) is 3.95. The number of anilines is 2. The zero-order valence-corrected chi connectivity index (χ0v) is 20.6. The second-order valence-electron chi connectivity index (χ2n) is 7.21. The number of fused-ring (bicyclic) bond motifs is 1. The zero-order chi connectivity index (χ0) is 22.2. The summed E-state index contributed by atoms with van der Waals surface area (Å²) >= 11 is 18.8. The topological polar surface area (TPSA) is 45.2 Å². The normalized spacial score (nSPS) is 21.5. The molecular weight excluding hydrogens is 476 g/mol. The first-order valence-electron chi connectivity index (χ1n) is 10.2. The van der Waals surface area contributed by atoms with Gasteiger partial charge in [-0.1, -0.05) is 35.0 Å². The average Bonchev–Trinajstić information content (AvgIpc) is 2.77. The van der Waals surface area contributed by atoms with Gasteiger partial charge in [0.1, 0.15) is 12.1 Å². The van der Waals surface area contributed by atoms with Gasteiger partial charge in [0, 0.05) is 37.9 Å². The molecule has 0 aromatic heterocycles. The predicted octanol–water partition coefficient (Wildman–Crippen LogP) is 5.13. The smallest absolute Gasteiger partial charge is 0.409 e. The van der Waals surface area contributed by atoms with E-state index in [4.69, 9.17) is 44.5 Å². The van der Waals surface area contributed by atoms with Gasteiger partial charge in [-0.05, 0) is 44.2 Å². The van der Waals surface area contributed by atoms with Crippen LogP contribution in [0, 0.1) is 0 Å². The summed E-state index contributed by atoms with van der Waals surface area (Å²) in [6, 6.07) is 11.1. The molecule has 0 unspecified atom stereocenters. The maximum Gasteiger partial charge on any atom is 0.424 e. The maximum absolute atomic E-state index is 13.3. The molecule has 0 N–H and O–H groups in total. The third kappa shape index (κ3) is 4.08. The molecule has 1 fully saturated rings. The van der Waals surface area contributed by atoms with Crippen molar-refractivity contribution < 1.29 is 14.3 Å². The number of ether oxygens (including phenoxy) is 2. The molecule has 2 aromatic carbocycles. The van der Waals surface area contributed by atoms with Crippen molar-refractivity contribution in [1.82, 2.24) is 4.67 Å². The van der Waals surface area contributed by atoms with Gasteiger partial charge in [0.25, 0.3) is 0 Å². The number of carbonyl (C=O) groups is 1. The fraction of sp³-hybridized carbons (Fsp3) is 0.381. The van der Waals surface area contributed by atoms with E-state index in [1.807, 2.05) is 12.1 Å². The Hall–Kier alpha value is -1.34. The number of carbonyl (C=O) groups excluding carboxylic acids is 1. The molecule has 1 atom stereocenters. The second kappa shape index (κ2) is 9.26. The minimum atomic E-state index is -2.74. The van der Waals surface area contributed by atoms with E-state index in [-0.39, 0.29) is 0 Å². The van der Waals surface area contributed by atoms with Crippen LogP contribution in [0.5, 0.6) is 5.75 Å². The molecule has 166 valence electrons. The lowest BCUT2D eigenvalue weighted by Crippen LogP contribution is -2.48. The van der Waals surface area contributed by atoms with Crippen molar-refractivity contribution in [1.29, 1.82) is 0 Å². The lowest BCUT2D eigenvalue weighted by molar-refractivity contribution is 0.0747. The molecule has 6 nitrogen and oxygen atoms in total. The zero-order valence-electron chi connectivity index (χ0n) is 17.4. The quantitative estimate of drug-likeness (QED) is 0.531. The van der Waals surface area contributed by atoms with Gasteiger partial charge in [-0.2, -0.15) is 0 Å². The number of amides is 1. The van der Waals surface area contributed by atoms with E-state index in [1.54, 1.807) is 22.9 Å². The van der Waals surface area contributed by atoms with Crippen LogP contribution in [0.15, 0.2) is 36.4 Å². The molecule has 2 aromatic rings. The summed E-state index contributed by atoms with van der Waals surface area (Å²) in [5.74, 6) is 0.528. The summed E-state index contributed by atoms with van der Waals surface area (Å²) in [6.07, 6.45) is -3.25. The Morgan fingerprint density at radius 2 is 1.77 bits per heavy atom. The van der Waals surface area contributed by atoms with Crippen molar-refractivity contribution in [2.45, 2.75) is 13.8 Å². The van der Waals surface area contributed by atoms with Crippen LogP contribution in [0.25, 0.3) is 0 Å². The summed E-state index contributed by atoms with van der Waals surface area (Å²) in [5.41, 5.74) is 1.58. The van der Waals surface area contributed by atoms with Crippen molar-refractivity contribution >= 4 is 64.1 Å². The van der Waals surface area contributed by atoms with Crippen molar-refractivity contribution in [3.8, 4) is 5.75 Å². The first-order chi connectivity index (χ1) is 14.9. The van der Waals surface area contributed by atoms with E-state index in [2.05, 4.69) is 29.5 Å². The molecule has 0 saturated carbocycles. The third-order valence-electron chi connectivity index (χ3n) is 5.55. The molecule has 1 amide bonds. The van der Waals surface area contributed by atoms with Gasteiger partial charge in [-0.3, -0.25) is 4.67 Å². The Morgan fingerprint density at radius 1 is 1.06 bits per heavy atom. The molecule has 10 heteroatoms. The van der Waals surface area contributed by atoms with Gasteiger partial charge in [0.15, 0.2) is 0 Å². The Kier molecular flexibility index (Phi) is 6.82. The van der Waals surface area contributed by atoms with Crippen molar-refractivity contribution in [3.63, 3.8) is 0 Å². The van der Waals surface area contributed by atoms with Crippen LogP contribution in [0.1, 0.15) is 13.8 Å². The van der Waals surface area contributed by atoms with Crippen LogP contribution >= 0.6 is 29.5 Å². The van der Waals surface area contributed by atoms with Gasteiger partial charge in [-0.15, -0.1) is 0 Å². The summed E-state index contributed by atoms with van der Waals surface area (Å²) in [4.78, 5) is 15.6. The number of halogens is 2. The standard InChI is InChI=1S/C21H24Cl2N3O3PS/c1-3-24(4-2)15-6-8-20-19(14-15)29-21(27)26(16-5-7-17(22)18(23)13-16)30(20,31)25-9-11-28-12-10-25/h5-8,13-14H,3-4,9-12H2,1-2H3/t30-/m0/s1. The molecule has 0 aliphatic carbocycles.